The van der Waals surface area contributed by atoms with E-state index in [4.69, 9.17) is 0 Å². The topological polar surface area (TPSA) is 40.7 Å². The maximum atomic E-state index is 13.5. The van der Waals surface area contributed by atoms with Gasteiger partial charge in [-0.05, 0) is 23.8 Å². The second-order valence-corrected chi connectivity index (χ2v) is 4.16. The van der Waals surface area contributed by atoms with Gasteiger partial charge in [-0.15, -0.1) is 0 Å². The molecule has 0 aliphatic rings. The van der Waals surface area contributed by atoms with Crippen molar-refractivity contribution in [3.63, 3.8) is 0 Å². The number of hydrogen-bond donors (Lipinski definition) is 2. The van der Waals surface area contributed by atoms with Gasteiger partial charge < -0.3 is 10.3 Å². The SMILES string of the molecule is CNc1cc(F)c(F)cc1-c1ccnc2[nH]ccc12. The van der Waals surface area contributed by atoms with Gasteiger partial charge >= 0.3 is 0 Å². The van der Waals surface area contributed by atoms with E-state index < -0.39 is 11.6 Å². The average molecular weight is 259 g/mol. The Labute approximate surface area is 108 Å². The first-order valence-electron chi connectivity index (χ1n) is 5.80. The molecular weight excluding hydrogens is 248 g/mol. The van der Waals surface area contributed by atoms with Crippen LogP contribution in [0.4, 0.5) is 14.5 Å². The lowest BCUT2D eigenvalue weighted by atomic mass is 10.0. The molecule has 3 nitrogen and oxygen atoms in total. The standard InChI is InChI=1S/C14H11F2N3/c1-17-13-7-12(16)11(15)6-10(13)8-2-4-18-14-9(8)3-5-19-14/h2-7,17H,1H3,(H,18,19). The van der Waals surface area contributed by atoms with E-state index in [0.717, 1.165) is 17.0 Å². The minimum Gasteiger partial charge on any atom is -0.388 e. The highest BCUT2D eigenvalue weighted by Crippen LogP contribution is 2.34. The molecule has 0 spiro atoms. The van der Waals surface area contributed by atoms with Crippen molar-refractivity contribution in [3.05, 3.63) is 48.3 Å². The van der Waals surface area contributed by atoms with E-state index in [1.165, 1.54) is 6.07 Å². The van der Waals surface area contributed by atoms with Crippen LogP contribution in [0.25, 0.3) is 22.2 Å². The highest BCUT2D eigenvalue weighted by molar-refractivity contribution is 5.96. The van der Waals surface area contributed by atoms with Crippen LogP contribution in [0.3, 0.4) is 0 Å². The molecule has 0 fully saturated rings. The van der Waals surface area contributed by atoms with Gasteiger partial charge in [0, 0.05) is 42.1 Å². The van der Waals surface area contributed by atoms with Gasteiger partial charge in [-0.25, -0.2) is 13.8 Å². The van der Waals surface area contributed by atoms with Crippen LogP contribution in [0.1, 0.15) is 0 Å². The summed E-state index contributed by atoms with van der Waals surface area (Å²) in [6, 6.07) is 5.99. The fourth-order valence-corrected chi connectivity index (χ4v) is 2.17. The molecule has 2 heterocycles. The van der Waals surface area contributed by atoms with Crippen molar-refractivity contribution in [1.29, 1.82) is 0 Å². The van der Waals surface area contributed by atoms with Gasteiger partial charge in [0.05, 0.1) is 0 Å². The molecule has 3 aromatic rings. The van der Waals surface area contributed by atoms with Crippen molar-refractivity contribution in [2.45, 2.75) is 0 Å². The van der Waals surface area contributed by atoms with Gasteiger partial charge in [-0.2, -0.15) is 0 Å². The van der Waals surface area contributed by atoms with Crippen molar-refractivity contribution < 1.29 is 8.78 Å². The van der Waals surface area contributed by atoms with E-state index >= 15 is 0 Å². The summed E-state index contributed by atoms with van der Waals surface area (Å²) in [4.78, 5) is 7.17. The molecule has 1 aromatic carbocycles. The number of hydrogen-bond acceptors (Lipinski definition) is 2. The third-order valence-corrected chi connectivity index (χ3v) is 3.08. The summed E-state index contributed by atoms with van der Waals surface area (Å²) in [5.41, 5.74) is 2.65. The summed E-state index contributed by atoms with van der Waals surface area (Å²) >= 11 is 0. The molecule has 0 aliphatic carbocycles. The number of aromatic nitrogens is 2. The van der Waals surface area contributed by atoms with Crippen LogP contribution in [0.5, 0.6) is 0 Å². The first-order chi connectivity index (χ1) is 9.20. The Hall–Kier alpha value is -2.43. The number of rotatable bonds is 2. The maximum absolute atomic E-state index is 13.5. The number of nitrogens with zero attached hydrogens (tertiary/aromatic N) is 1. The Morgan fingerprint density at radius 3 is 2.68 bits per heavy atom. The Morgan fingerprint density at radius 2 is 1.89 bits per heavy atom. The van der Waals surface area contributed by atoms with Crippen LogP contribution in [-0.4, -0.2) is 17.0 Å². The Balaban J connectivity index is 2.32. The van der Waals surface area contributed by atoms with Gasteiger partial charge in [-0.1, -0.05) is 0 Å². The average Bonchev–Trinajstić information content (AvgIpc) is 2.89. The van der Waals surface area contributed by atoms with Gasteiger partial charge in [-0.3, -0.25) is 0 Å². The predicted molar refractivity (Wildman–Crippen MR) is 71.0 cm³/mol. The van der Waals surface area contributed by atoms with E-state index in [9.17, 15) is 8.78 Å². The molecule has 0 radical (unpaired) electrons. The lowest BCUT2D eigenvalue weighted by molar-refractivity contribution is 0.509. The smallest absolute Gasteiger partial charge is 0.160 e. The second kappa shape index (κ2) is 4.35. The summed E-state index contributed by atoms with van der Waals surface area (Å²) in [7, 11) is 1.67. The van der Waals surface area contributed by atoms with E-state index in [1.807, 2.05) is 6.07 Å². The van der Waals surface area contributed by atoms with E-state index in [1.54, 1.807) is 25.5 Å². The van der Waals surface area contributed by atoms with Crippen LogP contribution in [0.15, 0.2) is 36.7 Å². The number of nitrogens with one attached hydrogen (secondary N) is 2. The van der Waals surface area contributed by atoms with Crippen molar-refractivity contribution in [2.24, 2.45) is 0 Å². The number of benzene rings is 1. The summed E-state index contributed by atoms with van der Waals surface area (Å²) in [5, 5.41) is 3.75. The fourth-order valence-electron chi connectivity index (χ4n) is 2.17. The van der Waals surface area contributed by atoms with Crippen molar-refractivity contribution in [1.82, 2.24) is 9.97 Å². The van der Waals surface area contributed by atoms with Crippen LogP contribution >= 0.6 is 0 Å². The Morgan fingerprint density at radius 1 is 1.11 bits per heavy atom. The molecule has 19 heavy (non-hydrogen) atoms. The Bertz CT molecular complexity index is 750. The molecule has 2 aromatic heterocycles. The molecule has 3 rings (SSSR count). The summed E-state index contributed by atoms with van der Waals surface area (Å²) in [6.45, 7) is 0. The first-order valence-corrected chi connectivity index (χ1v) is 5.80. The monoisotopic (exact) mass is 259 g/mol. The molecule has 0 saturated carbocycles. The van der Waals surface area contributed by atoms with E-state index in [-0.39, 0.29) is 0 Å². The van der Waals surface area contributed by atoms with Crippen LogP contribution < -0.4 is 5.32 Å². The zero-order valence-electron chi connectivity index (χ0n) is 10.2. The van der Waals surface area contributed by atoms with Gasteiger partial charge in [0.1, 0.15) is 5.65 Å². The maximum Gasteiger partial charge on any atom is 0.160 e. The molecule has 0 bridgehead atoms. The number of anilines is 1. The first kappa shape index (κ1) is 11.6. The fraction of sp³-hybridized carbons (Fsp3) is 0.0714. The summed E-state index contributed by atoms with van der Waals surface area (Å²) < 4.78 is 26.8. The third-order valence-electron chi connectivity index (χ3n) is 3.08. The van der Waals surface area contributed by atoms with Crippen molar-refractivity contribution in [2.75, 3.05) is 12.4 Å². The molecule has 0 amide bonds. The van der Waals surface area contributed by atoms with E-state index in [2.05, 4.69) is 15.3 Å². The largest absolute Gasteiger partial charge is 0.388 e. The van der Waals surface area contributed by atoms with Crippen LogP contribution in [0.2, 0.25) is 0 Å². The highest BCUT2D eigenvalue weighted by atomic mass is 19.2. The Kier molecular flexibility index (Phi) is 2.67. The van der Waals surface area contributed by atoms with Gasteiger partial charge in [0.2, 0.25) is 0 Å². The molecule has 0 atom stereocenters. The van der Waals surface area contributed by atoms with Gasteiger partial charge in [0.15, 0.2) is 11.6 Å². The predicted octanol–water partition coefficient (Wildman–Crippen LogP) is 3.55. The molecule has 5 heteroatoms. The molecular formula is C14H11F2N3. The zero-order chi connectivity index (χ0) is 13.4. The minimum absolute atomic E-state index is 0.535. The van der Waals surface area contributed by atoms with Crippen molar-refractivity contribution in [3.8, 4) is 11.1 Å². The summed E-state index contributed by atoms with van der Waals surface area (Å²) in [5.74, 6) is -1.73. The molecule has 96 valence electrons. The van der Waals surface area contributed by atoms with Crippen molar-refractivity contribution >= 4 is 16.7 Å². The normalized spacial score (nSPS) is 10.9. The third kappa shape index (κ3) is 1.83. The number of halogens is 2. The minimum atomic E-state index is -0.868. The molecule has 2 N–H and O–H groups in total. The number of H-pyrrole nitrogens is 1. The lowest BCUT2D eigenvalue weighted by Gasteiger charge is -2.11. The number of fused-ring (bicyclic) bond motifs is 1. The van der Waals surface area contributed by atoms with Crippen LogP contribution in [0, 0.1) is 11.6 Å². The molecule has 0 aliphatic heterocycles. The van der Waals surface area contributed by atoms with Crippen LogP contribution in [-0.2, 0) is 0 Å². The zero-order valence-corrected chi connectivity index (χ0v) is 10.2. The highest BCUT2D eigenvalue weighted by Gasteiger charge is 2.13. The quantitative estimate of drug-likeness (QED) is 0.739. The lowest BCUT2D eigenvalue weighted by Crippen LogP contribution is -1.96. The molecule has 0 unspecified atom stereocenters. The van der Waals surface area contributed by atoms with E-state index in [0.29, 0.717) is 16.9 Å². The number of pyridine rings is 1. The second-order valence-electron chi connectivity index (χ2n) is 4.16. The molecule has 0 saturated heterocycles. The van der Waals surface area contributed by atoms with Gasteiger partial charge in [0.25, 0.3) is 0 Å². The summed E-state index contributed by atoms with van der Waals surface area (Å²) in [6.07, 6.45) is 3.40. The number of aromatic amines is 1.